The lowest BCUT2D eigenvalue weighted by Gasteiger charge is -2.14. The largest absolute Gasteiger partial charge is 0.309 e. The van der Waals surface area contributed by atoms with Gasteiger partial charge in [0.25, 0.3) is 0 Å². The van der Waals surface area contributed by atoms with Crippen LogP contribution in [0.4, 0.5) is 0 Å². The van der Waals surface area contributed by atoms with E-state index in [1.165, 1.54) is 65.3 Å². The van der Waals surface area contributed by atoms with Gasteiger partial charge in [-0.05, 0) is 93.3 Å². The van der Waals surface area contributed by atoms with Crippen LogP contribution in [0.5, 0.6) is 0 Å². The van der Waals surface area contributed by atoms with Crippen LogP contribution in [0.1, 0.15) is 0 Å². The Morgan fingerprint density at radius 1 is 0.340 bits per heavy atom. The summed E-state index contributed by atoms with van der Waals surface area (Å²) in [5.41, 5.74) is 9.17. The van der Waals surface area contributed by atoms with Crippen LogP contribution in [0.3, 0.4) is 0 Å². The molecule has 232 valence electrons. The van der Waals surface area contributed by atoms with Gasteiger partial charge < -0.3 is 4.57 Å². The van der Waals surface area contributed by atoms with Crippen molar-refractivity contribution in [2.24, 2.45) is 0 Å². The normalized spacial score (nSPS) is 12.0. The topological polar surface area (TPSA) is 22.8 Å². The number of fused-ring (bicyclic) bond motifs is 9. The summed E-state index contributed by atoms with van der Waals surface area (Å²) in [6.07, 6.45) is 0. The molecule has 11 aromatic rings. The number of para-hydroxylation sites is 3. The van der Waals surface area contributed by atoms with E-state index in [1.807, 2.05) is 0 Å². The highest BCUT2D eigenvalue weighted by atomic mass is 15.1. The van der Waals surface area contributed by atoms with Crippen LogP contribution >= 0.6 is 0 Å². The molecule has 11 rings (SSSR count). The van der Waals surface area contributed by atoms with Crippen LogP contribution in [0, 0.1) is 0 Å². The number of aromatic nitrogens is 3. The lowest BCUT2D eigenvalue weighted by molar-refractivity contribution is 1.10. The lowest BCUT2D eigenvalue weighted by atomic mass is 9.98. The van der Waals surface area contributed by atoms with E-state index in [2.05, 4.69) is 185 Å². The Morgan fingerprint density at radius 2 is 0.920 bits per heavy atom. The standard InChI is InChI=1S/C47H29N3/c1-2-12-31-25-34(22-21-30(31)11-1)39-29-47(48-42-18-8-5-15-36(39)42)50-45-24-23-35(28-41(45)40-26-32-13-3-4-14-33(32)27-46(40)50)49-43-19-9-6-16-37(43)38-17-7-10-20-44(38)49/h1-29H. The highest BCUT2D eigenvalue weighted by Crippen LogP contribution is 2.40. The van der Waals surface area contributed by atoms with Crippen molar-refractivity contribution in [3.05, 3.63) is 176 Å². The zero-order chi connectivity index (χ0) is 32.8. The van der Waals surface area contributed by atoms with E-state index >= 15 is 0 Å². The molecule has 0 aliphatic carbocycles. The minimum Gasteiger partial charge on any atom is -0.309 e. The second-order valence-corrected chi connectivity index (χ2v) is 13.2. The first-order chi connectivity index (χ1) is 24.8. The molecule has 8 aromatic carbocycles. The van der Waals surface area contributed by atoms with Gasteiger partial charge >= 0.3 is 0 Å². The van der Waals surface area contributed by atoms with E-state index < -0.39 is 0 Å². The molecule has 0 atom stereocenters. The van der Waals surface area contributed by atoms with E-state index in [-0.39, 0.29) is 0 Å². The molecule has 50 heavy (non-hydrogen) atoms. The van der Waals surface area contributed by atoms with Crippen molar-refractivity contribution in [2.75, 3.05) is 0 Å². The lowest BCUT2D eigenvalue weighted by Crippen LogP contribution is -2.00. The summed E-state index contributed by atoms with van der Waals surface area (Å²) in [6.45, 7) is 0. The highest BCUT2D eigenvalue weighted by molar-refractivity contribution is 6.15. The summed E-state index contributed by atoms with van der Waals surface area (Å²) in [7, 11) is 0. The minimum absolute atomic E-state index is 0.909. The number of rotatable bonds is 3. The molecular weight excluding hydrogens is 607 g/mol. The maximum atomic E-state index is 5.36. The summed E-state index contributed by atoms with van der Waals surface area (Å²) < 4.78 is 4.77. The van der Waals surface area contributed by atoms with Crippen molar-refractivity contribution in [1.82, 2.24) is 14.1 Å². The van der Waals surface area contributed by atoms with Gasteiger partial charge in [0.2, 0.25) is 0 Å². The molecule has 0 fully saturated rings. The number of pyridine rings is 1. The Kier molecular flexibility index (Phi) is 5.67. The molecular formula is C47H29N3. The molecule has 0 aliphatic rings. The zero-order valence-electron chi connectivity index (χ0n) is 27.1. The molecule has 0 radical (unpaired) electrons. The third kappa shape index (κ3) is 3.95. The monoisotopic (exact) mass is 635 g/mol. The molecule has 3 heteroatoms. The van der Waals surface area contributed by atoms with Gasteiger partial charge in [0, 0.05) is 32.6 Å². The first-order valence-electron chi connectivity index (χ1n) is 17.1. The van der Waals surface area contributed by atoms with Gasteiger partial charge in [-0.25, -0.2) is 4.98 Å². The highest BCUT2D eigenvalue weighted by Gasteiger charge is 2.19. The SMILES string of the molecule is c1ccc2cc(-c3cc(-n4c5ccc(-n6c7ccccc7c7ccccc76)cc5c5cc6ccccc6cc54)nc4ccccc34)ccc2c1. The molecule has 0 spiro atoms. The predicted octanol–water partition coefficient (Wildman–Crippen LogP) is 12.4. The Morgan fingerprint density at radius 3 is 1.68 bits per heavy atom. The third-order valence-corrected chi connectivity index (χ3v) is 10.4. The molecule has 3 aromatic heterocycles. The van der Waals surface area contributed by atoms with E-state index in [1.54, 1.807) is 0 Å². The second kappa shape index (κ2) is 10.4. The fourth-order valence-corrected chi connectivity index (χ4v) is 8.15. The van der Waals surface area contributed by atoms with Gasteiger partial charge in [-0.3, -0.25) is 4.57 Å². The van der Waals surface area contributed by atoms with Gasteiger partial charge in [-0.15, -0.1) is 0 Å². The quantitative estimate of drug-likeness (QED) is 0.189. The van der Waals surface area contributed by atoms with Crippen molar-refractivity contribution in [2.45, 2.75) is 0 Å². The van der Waals surface area contributed by atoms with E-state index in [0.717, 1.165) is 33.4 Å². The third-order valence-electron chi connectivity index (χ3n) is 10.4. The number of hydrogen-bond donors (Lipinski definition) is 0. The minimum atomic E-state index is 0.909. The summed E-state index contributed by atoms with van der Waals surface area (Å²) in [4.78, 5) is 5.36. The molecule has 0 N–H and O–H groups in total. The van der Waals surface area contributed by atoms with Crippen molar-refractivity contribution in [1.29, 1.82) is 0 Å². The number of benzene rings is 8. The molecule has 0 aliphatic heterocycles. The van der Waals surface area contributed by atoms with Crippen LogP contribution in [0.2, 0.25) is 0 Å². The Hall–Kier alpha value is -6.71. The fourth-order valence-electron chi connectivity index (χ4n) is 8.15. The molecule has 3 nitrogen and oxygen atoms in total. The Labute approximate surface area is 287 Å². The van der Waals surface area contributed by atoms with E-state index in [4.69, 9.17) is 4.98 Å². The predicted molar refractivity (Wildman–Crippen MR) is 211 cm³/mol. The summed E-state index contributed by atoms with van der Waals surface area (Å²) >= 11 is 0. The summed E-state index contributed by atoms with van der Waals surface area (Å²) in [6, 6.07) is 63.8. The van der Waals surface area contributed by atoms with Gasteiger partial charge in [-0.2, -0.15) is 0 Å². The molecule has 0 bridgehead atoms. The first kappa shape index (κ1) is 27.3. The average molecular weight is 636 g/mol. The van der Waals surface area contributed by atoms with Gasteiger partial charge in [0.05, 0.1) is 27.6 Å². The van der Waals surface area contributed by atoms with Crippen molar-refractivity contribution in [3.8, 4) is 22.6 Å². The molecule has 0 saturated heterocycles. The number of hydrogen-bond acceptors (Lipinski definition) is 1. The smallest absolute Gasteiger partial charge is 0.138 e. The van der Waals surface area contributed by atoms with E-state index in [0.29, 0.717) is 0 Å². The van der Waals surface area contributed by atoms with Crippen LogP contribution in [-0.2, 0) is 0 Å². The molecule has 0 unspecified atom stereocenters. The molecule has 0 saturated carbocycles. The number of nitrogens with zero attached hydrogens (tertiary/aromatic N) is 3. The van der Waals surface area contributed by atoms with Gasteiger partial charge in [0.15, 0.2) is 0 Å². The maximum Gasteiger partial charge on any atom is 0.138 e. The van der Waals surface area contributed by atoms with Crippen molar-refractivity contribution < 1.29 is 0 Å². The summed E-state index contributed by atoms with van der Waals surface area (Å²) in [5.74, 6) is 0.909. The average Bonchev–Trinajstić information content (AvgIpc) is 3.68. The molecule has 0 amide bonds. The van der Waals surface area contributed by atoms with Gasteiger partial charge in [0.1, 0.15) is 5.82 Å². The fraction of sp³-hybridized carbons (Fsp3) is 0. The maximum absolute atomic E-state index is 5.36. The Balaban J connectivity index is 1.23. The van der Waals surface area contributed by atoms with Crippen LogP contribution in [-0.4, -0.2) is 14.1 Å². The van der Waals surface area contributed by atoms with Crippen LogP contribution in [0.25, 0.3) is 98.7 Å². The summed E-state index contributed by atoms with van der Waals surface area (Å²) in [5, 5.41) is 11.0. The second-order valence-electron chi connectivity index (χ2n) is 13.2. The van der Waals surface area contributed by atoms with Crippen LogP contribution in [0.15, 0.2) is 176 Å². The van der Waals surface area contributed by atoms with Crippen molar-refractivity contribution >= 4 is 76.1 Å². The zero-order valence-corrected chi connectivity index (χ0v) is 27.1. The van der Waals surface area contributed by atoms with E-state index in [9.17, 15) is 0 Å². The van der Waals surface area contributed by atoms with Crippen molar-refractivity contribution in [3.63, 3.8) is 0 Å². The molecule has 3 heterocycles. The Bertz CT molecular complexity index is 3110. The first-order valence-corrected chi connectivity index (χ1v) is 17.1. The van der Waals surface area contributed by atoms with Gasteiger partial charge in [-0.1, -0.05) is 115 Å². The van der Waals surface area contributed by atoms with Crippen LogP contribution < -0.4 is 0 Å².